The fourth-order valence-corrected chi connectivity index (χ4v) is 5.19. The predicted molar refractivity (Wildman–Crippen MR) is 131 cm³/mol. The van der Waals surface area contributed by atoms with Crippen molar-refractivity contribution < 1.29 is 28.5 Å². The highest BCUT2D eigenvalue weighted by Gasteiger charge is 2.33. The molecule has 0 spiro atoms. The molecular formula is C26H22N2O7S. The van der Waals surface area contributed by atoms with Crippen LogP contribution in [0.5, 0.6) is 17.2 Å². The van der Waals surface area contributed by atoms with E-state index in [-0.39, 0.29) is 24.5 Å². The summed E-state index contributed by atoms with van der Waals surface area (Å²) in [6.07, 6.45) is 1.76. The summed E-state index contributed by atoms with van der Waals surface area (Å²) in [7, 11) is 0. The monoisotopic (exact) mass is 506 g/mol. The van der Waals surface area contributed by atoms with E-state index in [4.69, 9.17) is 18.9 Å². The van der Waals surface area contributed by atoms with Crippen LogP contribution in [0.4, 0.5) is 0 Å². The molecule has 0 saturated carbocycles. The molecule has 3 aromatic rings. The lowest BCUT2D eigenvalue weighted by atomic mass is 9.96. The summed E-state index contributed by atoms with van der Waals surface area (Å²) in [5, 5.41) is 0. The van der Waals surface area contributed by atoms with E-state index in [9.17, 15) is 14.4 Å². The zero-order valence-corrected chi connectivity index (χ0v) is 20.6. The Bertz CT molecular complexity index is 1580. The molecule has 184 valence electrons. The second kappa shape index (κ2) is 9.46. The van der Waals surface area contributed by atoms with Gasteiger partial charge in [-0.2, -0.15) is 0 Å². The molecule has 0 N–H and O–H groups in total. The third kappa shape index (κ3) is 4.31. The molecule has 9 nitrogen and oxygen atoms in total. The number of thiazole rings is 1. The second-order valence-electron chi connectivity index (χ2n) is 8.08. The average molecular weight is 507 g/mol. The normalized spacial score (nSPS) is 16.4. The summed E-state index contributed by atoms with van der Waals surface area (Å²) >= 11 is 1.23. The molecule has 0 amide bonds. The van der Waals surface area contributed by atoms with Gasteiger partial charge in [-0.3, -0.25) is 14.2 Å². The highest BCUT2D eigenvalue weighted by Crippen LogP contribution is 2.33. The number of ether oxygens (including phenoxy) is 4. The fourth-order valence-electron chi connectivity index (χ4n) is 4.15. The van der Waals surface area contributed by atoms with Gasteiger partial charge in [0.2, 0.25) is 6.79 Å². The lowest BCUT2D eigenvalue weighted by Gasteiger charge is -2.24. The van der Waals surface area contributed by atoms with Crippen LogP contribution in [0, 0.1) is 0 Å². The van der Waals surface area contributed by atoms with Crippen LogP contribution >= 0.6 is 11.3 Å². The van der Waals surface area contributed by atoms with Crippen molar-refractivity contribution in [2.75, 3.05) is 13.4 Å². The van der Waals surface area contributed by atoms with E-state index in [1.54, 1.807) is 56.3 Å². The number of carbonyl (C=O) groups is 2. The molecule has 36 heavy (non-hydrogen) atoms. The van der Waals surface area contributed by atoms with Gasteiger partial charge in [-0.15, -0.1) is 0 Å². The lowest BCUT2D eigenvalue weighted by molar-refractivity contribution is -0.139. The van der Waals surface area contributed by atoms with Crippen molar-refractivity contribution in [2.24, 2.45) is 4.99 Å². The Kier molecular flexibility index (Phi) is 6.19. The van der Waals surface area contributed by atoms with Gasteiger partial charge in [0.25, 0.3) is 5.56 Å². The second-order valence-corrected chi connectivity index (χ2v) is 9.09. The van der Waals surface area contributed by atoms with Gasteiger partial charge in [0.05, 0.1) is 28.5 Å². The molecule has 2 aromatic carbocycles. The van der Waals surface area contributed by atoms with Crippen molar-refractivity contribution in [1.29, 1.82) is 0 Å². The number of allylic oxidation sites excluding steroid dienone is 1. The number of fused-ring (bicyclic) bond motifs is 2. The van der Waals surface area contributed by atoms with E-state index in [0.29, 0.717) is 37.8 Å². The van der Waals surface area contributed by atoms with E-state index < -0.39 is 18.0 Å². The van der Waals surface area contributed by atoms with Gasteiger partial charge in [0.1, 0.15) is 5.75 Å². The Balaban J connectivity index is 1.65. The topological polar surface area (TPSA) is 105 Å². The van der Waals surface area contributed by atoms with E-state index >= 15 is 0 Å². The maximum Gasteiger partial charge on any atom is 0.338 e. The molecule has 2 aliphatic rings. The zero-order chi connectivity index (χ0) is 25.4. The van der Waals surface area contributed by atoms with E-state index in [1.807, 2.05) is 6.07 Å². The van der Waals surface area contributed by atoms with Crippen molar-refractivity contribution in [1.82, 2.24) is 4.57 Å². The van der Waals surface area contributed by atoms with Crippen LogP contribution in [0.15, 0.2) is 63.5 Å². The smallest absolute Gasteiger partial charge is 0.338 e. The number of rotatable bonds is 5. The highest BCUT2D eigenvalue weighted by molar-refractivity contribution is 7.07. The van der Waals surface area contributed by atoms with Gasteiger partial charge in [0, 0.05) is 6.92 Å². The Morgan fingerprint density at radius 3 is 2.64 bits per heavy atom. The van der Waals surface area contributed by atoms with Crippen LogP contribution in [0.2, 0.25) is 0 Å². The SMILES string of the molecule is CCOC(=O)C1=C(C)N=c2s/c(=C\c3ccc4c(c3)OCO4)c(=O)n2C1c1ccc(OC(C)=O)cc1. The van der Waals surface area contributed by atoms with Crippen molar-refractivity contribution in [3.05, 3.63) is 84.5 Å². The first-order valence-electron chi connectivity index (χ1n) is 11.2. The van der Waals surface area contributed by atoms with Crippen LogP contribution in [-0.2, 0) is 14.3 Å². The Morgan fingerprint density at radius 1 is 1.17 bits per heavy atom. The maximum atomic E-state index is 13.7. The number of benzene rings is 2. The number of nitrogens with zero attached hydrogens (tertiary/aromatic N) is 2. The minimum atomic E-state index is -0.759. The van der Waals surface area contributed by atoms with Crippen molar-refractivity contribution in [3.63, 3.8) is 0 Å². The fraction of sp³-hybridized carbons (Fsp3) is 0.231. The summed E-state index contributed by atoms with van der Waals surface area (Å²) in [5.41, 5.74) is 1.88. The predicted octanol–water partition coefficient (Wildman–Crippen LogP) is 2.45. The van der Waals surface area contributed by atoms with Gasteiger partial charge in [-0.25, -0.2) is 9.79 Å². The Morgan fingerprint density at radius 2 is 1.92 bits per heavy atom. The standard InChI is InChI=1S/C26H22N2O7S/c1-4-32-25(31)22-14(2)27-26-28(23(22)17-6-8-18(9-7-17)35-15(3)29)24(30)21(36-26)12-16-5-10-19-20(11-16)34-13-33-19/h5-12,23H,4,13H2,1-3H3/b21-12-. The number of hydrogen-bond acceptors (Lipinski definition) is 9. The number of aromatic nitrogens is 1. The van der Waals surface area contributed by atoms with E-state index in [1.165, 1.54) is 22.8 Å². The molecular weight excluding hydrogens is 484 g/mol. The van der Waals surface area contributed by atoms with Crippen molar-refractivity contribution in [2.45, 2.75) is 26.8 Å². The maximum absolute atomic E-state index is 13.7. The van der Waals surface area contributed by atoms with Crippen molar-refractivity contribution >= 4 is 29.4 Å². The summed E-state index contributed by atoms with van der Waals surface area (Å²) in [4.78, 5) is 43.0. The van der Waals surface area contributed by atoms with Crippen molar-refractivity contribution in [3.8, 4) is 17.2 Å². The Hall–Kier alpha value is -4.18. The molecule has 1 unspecified atom stereocenters. The van der Waals surface area contributed by atoms with Crippen LogP contribution in [0.3, 0.4) is 0 Å². The van der Waals surface area contributed by atoms with Crippen LogP contribution in [0.1, 0.15) is 37.9 Å². The minimum absolute atomic E-state index is 0.160. The first-order valence-corrected chi connectivity index (χ1v) is 12.0. The first kappa shape index (κ1) is 23.6. The van der Waals surface area contributed by atoms with Crippen LogP contribution in [0.25, 0.3) is 6.08 Å². The first-order chi connectivity index (χ1) is 17.4. The molecule has 0 fully saturated rings. The summed E-state index contributed by atoms with van der Waals surface area (Å²) in [6.45, 7) is 5.10. The molecule has 0 saturated heterocycles. The molecule has 1 atom stereocenters. The minimum Gasteiger partial charge on any atom is -0.463 e. The summed E-state index contributed by atoms with van der Waals surface area (Å²) in [6, 6.07) is 11.4. The quantitative estimate of drug-likeness (QED) is 0.387. The third-order valence-electron chi connectivity index (χ3n) is 5.67. The number of carbonyl (C=O) groups excluding carboxylic acids is 2. The Labute approximate surface area is 209 Å². The molecule has 10 heteroatoms. The van der Waals surface area contributed by atoms with Gasteiger partial charge in [-0.05, 0) is 55.3 Å². The van der Waals surface area contributed by atoms with E-state index in [0.717, 1.165) is 5.56 Å². The molecule has 0 bridgehead atoms. The lowest BCUT2D eigenvalue weighted by Crippen LogP contribution is -2.39. The van der Waals surface area contributed by atoms with Crippen LogP contribution < -0.4 is 29.1 Å². The van der Waals surface area contributed by atoms with Gasteiger partial charge in [0.15, 0.2) is 16.3 Å². The van der Waals surface area contributed by atoms with Gasteiger partial charge < -0.3 is 18.9 Å². The summed E-state index contributed by atoms with van der Waals surface area (Å²) in [5.74, 6) is 0.642. The number of esters is 2. The molecule has 5 rings (SSSR count). The largest absolute Gasteiger partial charge is 0.463 e. The van der Waals surface area contributed by atoms with Gasteiger partial charge >= 0.3 is 11.9 Å². The number of hydrogen-bond donors (Lipinski definition) is 0. The zero-order valence-electron chi connectivity index (χ0n) is 19.8. The molecule has 1 aromatic heterocycles. The highest BCUT2D eigenvalue weighted by atomic mass is 32.1. The molecule has 3 heterocycles. The van der Waals surface area contributed by atoms with Crippen LogP contribution in [-0.4, -0.2) is 29.9 Å². The molecule has 0 radical (unpaired) electrons. The molecule has 2 aliphatic heterocycles. The van der Waals surface area contributed by atoms with Gasteiger partial charge in [-0.1, -0.05) is 29.5 Å². The van der Waals surface area contributed by atoms with E-state index in [2.05, 4.69) is 4.99 Å². The molecule has 0 aliphatic carbocycles. The third-order valence-corrected chi connectivity index (χ3v) is 6.65. The summed E-state index contributed by atoms with van der Waals surface area (Å²) < 4.78 is 23.2. The average Bonchev–Trinajstić information content (AvgIpc) is 3.42.